The third-order valence-corrected chi connectivity index (χ3v) is 5.24. The van der Waals surface area contributed by atoms with Crippen LogP contribution >= 0.6 is 0 Å². The Morgan fingerprint density at radius 1 is 1.03 bits per heavy atom. The van der Waals surface area contributed by atoms with Crippen LogP contribution in [0.5, 0.6) is 5.75 Å². The first-order valence-corrected chi connectivity index (χ1v) is 10.9. The molecule has 2 aromatic carbocycles. The second-order valence-corrected chi connectivity index (χ2v) is 7.71. The lowest BCUT2D eigenvalue weighted by Crippen LogP contribution is -2.17. The van der Waals surface area contributed by atoms with E-state index in [2.05, 4.69) is 25.5 Å². The first kappa shape index (κ1) is 21.3. The zero-order valence-electron chi connectivity index (χ0n) is 18.8. The average Bonchev–Trinajstić information content (AvgIpc) is 3.44. The van der Waals surface area contributed by atoms with Gasteiger partial charge in [-0.15, -0.1) is 0 Å². The van der Waals surface area contributed by atoms with Crippen molar-refractivity contribution < 1.29 is 9.53 Å². The number of rotatable bonds is 7. The van der Waals surface area contributed by atoms with Gasteiger partial charge in [0.15, 0.2) is 11.5 Å². The molecule has 0 bridgehead atoms. The van der Waals surface area contributed by atoms with Gasteiger partial charge in [-0.1, -0.05) is 30.3 Å². The molecule has 1 N–H and O–H groups in total. The lowest BCUT2D eigenvalue weighted by molar-refractivity contribution is -0.115. The van der Waals surface area contributed by atoms with E-state index in [-0.39, 0.29) is 12.3 Å². The molecule has 0 saturated heterocycles. The summed E-state index contributed by atoms with van der Waals surface area (Å²) >= 11 is 0. The summed E-state index contributed by atoms with van der Waals surface area (Å²) in [7, 11) is 0. The molecule has 3 heterocycles. The minimum Gasteiger partial charge on any atom is -0.494 e. The summed E-state index contributed by atoms with van der Waals surface area (Å²) in [4.78, 5) is 21.7. The molecule has 5 aromatic rings. The molecule has 0 fully saturated rings. The van der Waals surface area contributed by atoms with E-state index in [1.54, 1.807) is 15.6 Å². The molecule has 0 saturated carbocycles. The van der Waals surface area contributed by atoms with Gasteiger partial charge in [0.05, 0.1) is 36.0 Å². The zero-order chi connectivity index (χ0) is 23.5. The first-order valence-electron chi connectivity index (χ1n) is 10.9. The van der Waals surface area contributed by atoms with Crippen molar-refractivity contribution in [1.29, 1.82) is 0 Å². The predicted octanol–water partition coefficient (Wildman–Crippen LogP) is 3.89. The summed E-state index contributed by atoms with van der Waals surface area (Å²) in [5.41, 5.74) is 3.18. The van der Waals surface area contributed by atoms with Gasteiger partial charge in [-0.3, -0.25) is 4.79 Å². The van der Waals surface area contributed by atoms with E-state index in [0.717, 1.165) is 28.1 Å². The Balaban J connectivity index is 1.43. The maximum Gasteiger partial charge on any atom is 0.229 e. The first-order chi connectivity index (χ1) is 16.6. The van der Waals surface area contributed by atoms with E-state index >= 15 is 0 Å². The Hall–Kier alpha value is -4.53. The molecule has 0 aliphatic heterocycles. The number of nitrogens with one attached hydrogen (secondary N) is 1. The van der Waals surface area contributed by atoms with Crippen molar-refractivity contribution in [3.63, 3.8) is 0 Å². The van der Waals surface area contributed by atoms with Crippen LogP contribution in [0.3, 0.4) is 0 Å². The number of fused-ring (bicyclic) bond motifs is 1. The largest absolute Gasteiger partial charge is 0.494 e. The van der Waals surface area contributed by atoms with Gasteiger partial charge in [0.25, 0.3) is 0 Å². The van der Waals surface area contributed by atoms with E-state index < -0.39 is 0 Å². The smallest absolute Gasteiger partial charge is 0.229 e. The van der Waals surface area contributed by atoms with Gasteiger partial charge in [-0.05, 0) is 43.7 Å². The number of hydrogen-bond donors (Lipinski definition) is 1. The normalized spacial score (nSPS) is 11.0. The lowest BCUT2D eigenvalue weighted by atomic mass is 10.1. The van der Waals surface area contributed by atoms with Crippen molar-refractivity contribution in [3.8, 4) is 17.3 Å². The Labute approximate surface area is 196 Å². The fraction of sp³-hybridized carbons (Fsp3) is 0.160. The number of amides is 1. The number of carbonyl (C=O) groups excluding carboxylic acids is 1. The molecule has 1 amide bonds. The third-order valence-electron chi connectivity index (χ3n) is 5.24. The van der Waals surface area contributed by atoms with Gasteiger partial charge in [-0.25, -0.2) is 14.6 Å². The molecular formula is C25H23N7O2. The van der Waals surface area contributed by atoms with E-state index in [1.807, 2.05) is 74.5 Å². The number of hydrogen-bond acceptors (Lipinski definition) is 6. The van der Waals surface area contributed by atoms with Gasteiger partial charge < -0.3 is 10.1 Å². The molecule has 9 heteroatoms. The van der Waals surface area contributed by atoms with Crippen molar-refractivity contribution in [3.05, 3.63) is 84.4 Å². The summed E-state index contributed by atoms with van der Waals surface area (Å²) in [6.07, 6.45) is 3.41. The van der Waals surface area contributed by atoms with Crippen LogP contribution in [0.1, 0.15) is 18.2 Å². The van der Waals surface area contributed by atoms with Crippen molar-refractivity contribution in [2.75, 3.05) is 11.9 Å². The van der Waals surface area contributed by atoms with Gasteiger partial charge in [-0.2, -0.15) is 14.9 Å². The van der Waals surface area contributed by atoms with Gasteiger partial charge in [0.1, 0.15) is 17.9 Å². The van der Waals surface area contributed by atoms with Crippen molar-refractivity contribution >= 4 is 22.8 Å². The maximum absolute atomic E-state index is 12.8. The fourth-order valence-corrected chi connectivity index (χ4v) is 3.75. The van der Waals surface area contributed by atoms with Gasteiger partial charge in [0, 0.05) is 6.07 Å². The van der Waals surface area contributed by atoms with E-state index in [9.17, 15) is 4.79 Å². The van der Waals surface area contributed by atoms with Crippen LogP contribution in [-0.2, 0) is 11.2 Å². The molecule has 0 spiro atoms. The minimum absolute atomic E-state index is 0.157. The molecule has 5 rings (SSSR count). The molecule has 34 heavy (non-hydrogen) atoms. The highest BCUT2D eigenvalue weighted by Gasteiger charge is 2.17. The van der Waals surface area contributed by atoms with Gasteiger partial charge in [0.2, 0.25) is 5.91 Å². The molecule has 0 aliphatic rings. The standard InChI is InChI=1S/C25H23N7O2/c1-3-34-20-11-9-18(10-12-20)14-23(33)29-22-13-17(2)30-32(22)25-21-15-28-31(24(21)26-16-27-25)19-7-5-4-6-8-19/h4-13,15-16H,3,14H2,1-2H3,(H,29,33). The summed E-state index contributed by atoms with van der Waals surface area (Å²) in [6, 6.07) is 19.1. The quantitative estimate of drug-likeness (QED) is 0.401. The minimum atomic E-state index is -0.157. The van der Waals surface area contributed by atoms with Crippen LogP contribution in [0.2, 0.25) is 0 Å². The van der Waals surface area contributed by atoms with Crippen molar-refractivity contribution in [2.24, 2.45) is 0 Å². The number of para-hydroxylation sites is 1. The summed E-state index contributed by atoms with van der Waals surface area (Å²) < 4.78 is 8.83. The number of anilines is 1. The zero-order valence-corrected chi connectivity index (χ0v) is 18.8. The molecular weight excluding hydrogens is 430 g/mol. The van der Waals surface area contributed by atoms with E-state index in [4.69, 9.17) is 4.74 Å². The van der Waals surface area contributed by atoms with Crippen molar-refractivity contribution in [1.82, 2.24) is 29.5 Å². The summed E-state index contributed by atoms with van der Waals surface area (Å²) in [5, 5.41) is 12.7. The highest BCUT2D eigenvalue weighted by atomic mass is 16.5. The van der Waals surface area contributed by atoms with Crippen LogP contribution < -0.4 is 10.1 Å². The fourth-order valence-electron chi connectivity index (χ4n) is 3.75. The van der Waals surface area contributed by atoms with Crippen LogP contribution in [0, 0.1) is 6.92 Å². The van der Waals surface area contributed by atoms with Crippen LogP contribution in [0.15, 0.2) is 73.2 Å². The average molecular weight is 454 g/mol. The molecule has 0 atom stereocenters. The van der Waals surface area contributed by atoms with Crippen LogP contribution in [0.4, 0.5) is 5.82 Å². The van der Waals surface area contributed by atoms with E-state index in [0.29, 0.717) is 23.9 Å². The Kier molecular flexibility index (Phi) is 5.73. The number of ether oxygens (including phenoxy) is 1. The summed E-state index contributed by atoms with van der Waals surface area (Å²) in [5.74, 6) is 1.69. The SMILES string of the molecule is CCOc1ccc(CC(=O)Nc2cc(C)nn2-c2ncnc3c2cnn3-c2ccccc2)cc1. The molecule has 170 valence electrons. The number of carbonyl (C=O) groups is 1. The highest BCUT2D eigenvalue weighted by molar-refractivity contribution is 5.92. The van der Waals surface area contributed by atoms with Crippen LogP contribution in [-0.4, -0.2) is 42.0 Å². The monoisotopic (exact) mass is 453 g/mol. The Morgan fingerprint density at radius 3 is 2.59 bits per heavy atom. The summed E-state index contributed by atoms with van der Waals surface area (Å²) in [6.45, 7) is 4.40. The molecule has 0 aliphatic carbocycles. The van der Waals surface area contributed by atoms with E-state index in [1.165, 1.54) is 6.33 Å². The Bertz CT molecular complexity index is 1440. The number of nitrogens with zero attached hydrogens (tertiary/aromatic N) is 6. The number of aromatic nitrogens is 6. The molecule has 3 aromatic heterocycles. The third kappa shape index (κ3) is 4.23. The lowest BCUT2D eigenvalue weighted by Gasteiger charge is -2.10. The topological polar surface area (TPSA) is 99.8 Å². The number of benzene rings is 2. The maximum atomic E-state index is 12.8. The predicted molar refractivity (Wildman–Crippen MR) is 128 cm³/mol. The molecule has 9 nitrogen and oxygen atoms in total. The van der Waals surface area contributed by atoms with Crippen LogP contribution in [0.25, 0.3) is 22.5 Å². The number of aryl methyl sites for hydroxylation is 1. The molecule has 0 radical (unpaired) electrons. The second-order valence-electron chi connectivity index (χ2n) is 7.71. The van der Waals surface area contributed by atoms with Crippen molar-refractivity contribution in [2.45, 2.75) is 20.3 Å². The Morgan fingerprint density at radius 2 is 1.82 bits per heavy atom. The van der Waals surface area contributed by atoms with Gasteiger partial charge >= 0.3 is 0 Å². The second kappa shape index (κ2) is 9.14. The molecule has 0 unspecified atom stereocenters. The highest BCUT2D eigenvalue weighted by Crippen LogP contribution is 2.24.